The number of rotatable bonds is 8. The number of esters is 1. The van der Waals surface area contributed by atoms with Gasteiger partial charge >= 0.3 is 5.97 Å². The summed E-state index contributed by atoms with van der Waals surface area (Å²) in [6, 6.07) is 6.34. The van der Waals surface area contributed by atoms with E-state index in [1.807, 2.05) is 0 Å². The summed E-state index contributed by atoms with van der Waals surface area (Å²) in [6.07, 6.45) is 2.40. The molecule has 0 radical (unpaired) electrons. The summed E-state index contributed by atoms with van der Waals surface area (Å²) in [5.74, 6) is 3.32. The van der Waals surface area contributed by atoms with Crippen LogP contribution in [0, 0.1) is 11.8 Å². The zero-order valence-electron chi connectivity index (χ0n) is 14.9. The molecule has 140 valence electrons. The van der Waals surface area contributed by atoms with E-state index in [2.05, 4.69) is 15.7 Å². The maximum absolute atomic E-state index is 12.3. The van der Waals surface area contributed by atoms with Crippen molar-refractivity contribution in [1.82, 2.24) is 5.32 Å². The molecule has 1 aromatic carbocycles. The highest BCUT2D eigenvalue weighted by Crippen LogP contribution is 2.39. The molecule has 0 saturated heterocycles. The predicted molar refractivity (Wildman–Crippen MR) is 97.3 cm³/mol. The Balaban J connectivity index is 1.85. The van der Waals surface area contributed by atoms with Gasteiger partial charge < -0.3 is 21.2 Å². The standard InChI is InChI=1S/C18H24N4O4/c1-3-15(18(25)26-4-2)22-17(24)14-9-13(14)16(23)21-12-7-5-11(6-8-12)10-20-19/h5-8,10,13-15H,3-4,9,19H2,1-2H3,(H,21,23)(H,22,24). The number of ether oxygens (including phenoxy) is 1. The van der Waals surface area contributed by atoms with Crippen LogP contribution in [-0.2, 0) is 19.1 Å². The SMILES string of the molecule is CCOC(=O)C(CC)NC(=O)C1CC1C(=O)Nc1ccc(C=NN)cc1. The number of hydrazone groups is 1. The van der Waals surface area contributed by atoms with Crippen molar-refractivity contribution in [2.75, 3.05) is 11.9 Å². The lowest BCUT2D eigenvalue weighted by molar-refractivity contribution is -0.147. The van der Waals surface area contributed by atoms with Crippen molar-refractivity contribution in [3.8, 4) is 0 Å². The third-order valence-corrected chi connectivity index (χ3v) is 4.16. The first-order valence-corrected chi connectivity index (χ1v) is 8.61. The highest BCUT2D eigenvalue weighted by Gasteiger charge is 2.48. The lowest BCUT2D eigenvalue weighted by Crippen LogP contribution is -2.42. The van der Waals surface area contributed by atoms with Crippen LogP contribution in [0.5, 0.6) is 0 Å². The molecule has 0 aromatic heterocycles. The van der Waals surface area contributed by atoms with Crippen molar-refractivity contribution in [1.29, 1.82) is 0 Å². The lowest BCUT2D eigenvalue weighted by atomic mass is 10.2. The van der Waals surface area contributed by atoms with Gasteiger partial charge in [-0.15, -0.1) is 0 Å². The largest absolute Gasteiger partial charge is 0.464 e. The summed E-state index contributed by atoms with van der Waals surface area (Å²) in [7, 11) is 0. The second-order valence-corrected chi connectivity index (χ2v) is 6.06. The third-order valence-electron chi connectivity index (χ3n) is 4.16. The van der Waals surface area contributed by atoms with E-state index in [4.69, 9.17) is 10.6 Å². The van der Waals surface area contributed by atoms with Crippen LogP contribution in [0.25, 0.3) is 0 Å². The fourth-order valence-electron chi connectivity index (χ4n) is 2.60. The van der Waals surface area contributed by atoms with E-state index in [9.17, 15) is 14.4 Å². The normalized spacial score (nSPS) is 19.6. The summed E-state index contributed by atoms with van der Waals surface area (Å²) in [5.41, 5.74) is 1.45. The number of carbonyl (C=O) groups is 3. The molecule has 1 aliphatic carbocycles. The quantitative estimate of drug-likeness (QED) is 0.276. The van der Waals surface area contributed by atoms with Gasteiger partial charge in [-0.3, -0.25) is 9.59 Å². The number of carbonyl (C=O) groups excluding carboxylic acids is 3. The molecule has 8 heteroatoms. The first-order valence-electron chi connectivity index (χ1n) is 8.61. The van der Waals surface area contributed by atoms with Gasteiger partial charge in [-0.25, -0.2) is 4.79 Å². The molecule has 26 heavy (non-hydrogen) atoms. The van der Waals surface area contributed by atoms with E-state index in [0.717, 1.165) is 5.56 Å². The summed E-state index contributed by atoms with van der Waals surface area (Å²) < 4.78 is 4.93. The Morgan fingerprint density at radius 3 is 2.46 bits per heavy atom. The van der Waals surface area contributed by atoms with E-state index in [0.29, 0.717) is 18.5 Å². The van der Waals surface area contributed by atoms with Gasteiger partial charge in [0.05, 0.1) is 24.7 Å². The molecule has 0 spiro atoms. The molecule has 1 aromatic rings. The number of nitrogens with one attached hydrogen (secondary N) is 2. The van der Waals surface area contributed by atoms with Crippen LogP contribution in [0.3, 0.4) is 0 Å². The van der Waals surface area contributed by atoms with Crippen LogP contribution in [0.2, 0.25) is 0 Å². The summed E-state index contributed by atoms with van der Waals surface area (Å²) in [5, 5.41) is 8.87. The van der Waals surface area contributed by atoms with Gasteiger partial charge in [0, 0.05) is 5.69 Å². The molecule has 4 N–H and O–H groups in total. The Morgan fingerprint density at radius 1 is 1.23 bits per heavy atom. The second-order valence-electron chi connectivity index (χ2n) is 6.06. The minimum absolute atomic E-state index is 0.213. The van der Waals surface area contributed by atoms with Gasteiger partial charge in [0.25, 0.3) is 0 Å². The smallest absolute Gasteiger partial charge is 0.328 e. The molecular weight excluding hydrogens is 336 g/mol. The summed E-state index contributed by atoms with van der Waals surface area (Å²) in [6.45, 7) is 3.76. The van der Waals surface area contributed by atoms with Gasteiger partial charge in [0.2, 0.25) is 11.8 Å². The zero-order valence-corrected chi connectivity index (χ0v) is 14.9. The number of hydrogen-bond acceptors (Lipinski definition) is 6. The molecule has 2 rings (SSSR count). The molecule has 1 fully saturated rings. The Kier molecular flexibility index (Phi) is 6.71. The second kappa shape index (κ2) is 8.98. The van der Waals surface area contributed by atoms with Crippen LogP contribution in [0.4, 0.5) is 5.69 Å². The van der Waals surface area contributed by atoms with E-state index in [-0.39, 0.29) is 24.3 Å². The van der Waals surface area contributed by atoms with Gasteiger partial charge in [0.15, 0.2) is 0 Å². The number of anilines is 1. The third kappa shape index (κ3) is 5.05. The van der Waals surface area contributed by atoms with Crippen LogP contribution in [-0.4, -0.2) is 36.6 Å². The van der Waals surface area contributed by atoms with Crippen LogP contribution < -0.4 is 16.5 Å². The van der Waals surface area contributed by atoms with Crippen molar-refractivity contribution in [3.63, 3.8) is 0 Å². The molecule has 0 bridgehead atoms. The Morgan fingerprint density at radius 2 is 1.88 bits per heavy atom. The fourth-order valence-corrected chi connectivity index (χ4v) is 2.60. The molecule has 3 unspecified atom stereocenters. The number of hydrogen-bond donors (Lipinski definition) is 3. The lowest BCUT2D eigenvalue weighted by Gasteiger charge is -2.15. The molecule has 0 heterocycles. The van der Waals surface area contributed by atoms with Gasteiger partial charge in [0.1, 0.15) is 6.04 Å². The topological polar surface area (TPSA) is 123 Å². The van der Waals surface area contributed by atoms with E-state index >= 15 is 0 Å². The Bertz CT molecular complexity index is 687. The van der Waals surface area contributed by atoms with Crippen molar-refractivity contribution >= 4 is 29.7 Å². The first-order chi connectivity index (χ1) is 12.5. The average molecular weight is 360 g/mol. The maximum atomic E-state index is 12.3. The molecular formula is C18H24N4O4. The van der Waals surface area contributed by atoms with Crippen molar-refractivity contribution in [3.05, 3.63) is 29.8 Å². The van der Waals surface area contributed by atoms with Crippen molar-refractivity contribution < 1.29 is 19.1 Å². The van der Waals surface area contributed by atoms with Crippen molar-refractivity contribution in [2.24, 2.45) is 22.8 Å². The van der Waals surface area contributed by atoms with E-state index in [1.54, 1.807) is 38.1 Å². The predicted octanol–water partition coefficient (Wildman–Crippen LogP) is 1.01. The average Bonchev–Trinajstić information content (AvgIpc) is 3.42. The highest BCUT2D eigenvalue weighted by atomic mass is 16.5. The minimum atomic E-state index is -0.677. The first kappa shape index (κ1) is 19.4. The van der Waals surface area contributed by atoms with Crippen LogP contribution in [0.15, 0.2) is 29.4 Å². The van der Waals surface area contributed by atoms with Gasteiger partial charge in [-0.1, -0.05) is 19.1 Å². The molecule has 3 atom stereocenters. The van der Waals surface area contributed by atoms with E-state index in [1.165, 1.54) is 6.21 Å². The van der Waals surface area contributed by atoms with E-state index < -0.39 is 17.9 Å². The summed E-state index contributed by atoms with van der Waals surface area (Å²) >= 11 is 0. The monoisotopic (exact) mass is 360 g/mol. The molecule has 1 aliphatic rings. The van der Waals surface area contributed by atoms with Crippen molar-refractivity contribution in [2.45, 2.75) is 32.7 Å². The molecule has 0 aliphatic heterocycles. The van der Waals surface area contributed by atoms with Gasteiger partial charge in [-0.05, 0) is 37.5 Å². The number of amides is 2. The van der Waals surface area contributed by atoms with Crippen LogP contribution >= 0.6 is 0 Å². The number of nitrogens with zero attached hydrogens (tertiary/aromatic N) is 1. The minimum Gasteiger partial charge on any atom is -0.464 e. The van der Waals surface area contributed by atoms with Crippen LogP contribution in [0.1, 0.15) is 32.3 Å². The molecule has 8 nitrogen and oxygen atoms in total. The van der Waals surface area contributed by atoms with Gasteiger partial charge in [-0.2, -0.15) is 5.10 Å². The Labute approximate surface area is 152 Å². The molecule has 2 amide bonds. The number of benzene rings is 1. The summed E-state index contributed by atoms with van der Waals surface area (Å²) in [4.78, 5) is 36.3. The Hall–Kier alpha value is -2.90. The zero-order chi connectivity index (χ0) is 19.1. The fraction of sp³-hybridized carbons (Fsp3) is 0.444. The molecule has 1 saturated carbocycles. The number of nitrogens with two attached hydrogens (primary N) is 1. The maximum Gasteiger partial charge on any atom is 0.328 e. The highest BCUT2D eigenvalue weighted by molar-refractivity contribution is 6.00.